The topological polar surface area (TPSA) is 91.1 Å². The van der Waals surface area contributed by atoms with Crippen LogP contribution in [-0.2, 0) is 9.47 Å². The number of nitrogens with one attached hydrogen (secondary N) is 1. The third-order valence-corrected chi connectivity index (χ3v) is 4.14. The smallest absolute Gasteiger partial charge is 0.265 e. The lowest BCUT2D eigenvalue weighted by molar-refractivity contribution is -0.199. The molecule has 0 bridgehead atoms. The molecule has 1 saturated heterocycles. The summed E-state index contributed by atoms with van der Waals surface area (Å²) in [6.45, 7) is 5.96. The van der Waals surface area contributed by atoms with Crippen LogP contribution in [0.3, 0.4) is 0 Å². The summed E-state index contributed by atoms with van der Waals surface area (Å²) in [6, 6.07) is -0.578. The van der Waals surface area contributed by atoms with Crippen molar-refractivity contribution in [2.24, 2.45) is 17.0 Å². The highest BCUT2D eigenvalue weighted by atomic mass is 35.6. The third kappa shape index (κ3) is 4.06. The predicted molar refractivity (Wildman–Crippen MR) is 79.3 cm³/mol. The molecule has 5 atom stereocenters. The summed E-state index contributed by atoms with van der Waals surface area (Å²) in [4.78, 5) is 2.81. The molecular weight excluding hydrogens is 327 g/mol. The van der Waals surface area contributed by atoms with Crippen molar-refractivity contribution in [2.45, 2.75) is 49.4 Å². The maximum absolute atomic E-state index is 8.67. The number of hydrogen-bond donors (Lipinski definition) is 1. The van der Waals surface area contributed by atoms with Gasteiger partial charge in [-0.25, -0.2) is 0 Å². The van der Waals surface area contributed by atoms with E-state index < -0.39 is 22.0 Å². The van der Waals surface area contributed by atoms with Crippen molar-refractivity contribution in [3.05, 3.63) is 10.4 Å². The second-order valence-corrected chi connectivity index (χ2v) is 7.09. The Hall–Kier alpha value is -0.390. The second kappa shape index (κ2) is 7.05. The fraction of sp³-hybridized carbons (Fsp3) is 0.909. The van der Waals surface area contributed by atoms with E-state index >= 15 is 0 Å². The van der Waals surface area contributed by atoms with Crippen molar-refractivity contribution in [1.29, 1.82) is 5.41 Å². The second-order valence-electron chi connectivity index (χ2n) is 4.81. The van der Waals surface area contributed by atoms with Gasteiger partial charge in [-0.05, 0) is 23.8 Å². The lowest BCUT2D eigenvalue weighted by Crippen LogP contribution is -2.50. The van der Waals surface area contributed by atoms with Gasteiger partial charge in [0.25, 0.3) is 3.79 Å². The first kappa shape index (κ1) is 17.7. The van der Waals surface area contributed by atoms with Gasteiger partial charge in [-0.3, -0.25) is 5.41 Å². The number of hydrogen-bond acceptors (Lipinski definition) is 4. The van der Waals surface area contributed by atoms with E-state index in [1.54, 1.807) is 0 Å². The van der Waals surface area contributed by atoms with Crippen LogP contribution in [0.5, 0.6) is 0 Å². The maximum Gasteiger partial charge on any atom is 0.265 e. The first-order chi connectivity index (χ1) is 9.22. The van der Waals surface area contributed by atoms with Gasteiger partial charge < -0.3 is 9.47 Å². The summed E-state index contributed by atoms with van der Waals surface area (Å²) in [7, 11) is 0. The molecule has 1 N–H and O–H groups in total. The van der Waals surface area contributed by atoms with Gasteiger partial charge in [0.05, 0.1) is 6.10 Å². The molecule has 0 saturated carbocycles. The maximum atomic E-state index is 8.67. The van der Waals surface area contributed by atoms with Crippen LogP contribution in [0.15, 0.2) is 5.11 Å². The number of halogens is 3. The number of ether oxygens (including phenoxy) is 2. The number of nitrogens with zero attached hydrogens (tertiary/aromatic N) is 3. The summed E-state index contributed by atoms with van der Waals surface area (Å²) >= 11 is 16.8. The van der Waals surface area contributed by atoms with E-state index in [0.29, 0.717) is 0 Å². The van der Waals surface area contributed by atoms with E-state index in [0.717, 1.165) is 6.42 Å². The first-order valence-corrected chi connectivity index (χ1v) is 7.37. The average Bonchev–Trinajstić information content (AvgIpc) is 2.36. The van der Waals surface area contributed by atoms with Gasteiger partial charge in [-0.1, -0.05) is 60.7 Å². The molecule has 0 aliphatic carbocycles. The molecular formula is C11H17Cl3N4O2. The Balaban J connectivity index is 2.94. The van der Waals surface area contributed by atoms with Gasteiger partial charge in [-0.15, -0.1) is 0 Å². The molecule has 1 aliphatic rings. The van der Waals surface area contributed by atoms with Crippen molar-refractivity contribution < 1.29 is 9.47 Å². The summed E-state index contributed by atoms with van der Waals surface area (Å²) in [6.07, 6.45) is -0.219. The molecule has 6 nitrogen and oxygen atoms in total. The Morgan fingerprint density at radius 2 is 2.00 bits per heavy atom. The fourth-order valence-electron chi connectivity index (χ4n) is 2.24. The summed E-state index contributed by atoms with van der Waals surface area (Å²) in [5.41, 5.74) is 8.67. The van der Waals surface area contributed by atoms with Gasteiger partial charge in [-0.2, -0.15) is 0 Å². The van der Waals surface area contributed by atoms with Gasteiger partial charge >= 0.3 is 0 Å². The normalized spacial score (nSPS) is 34.2. The highest BCUT2D eigenvalue weighted by Crippen LogP contribution is 2.36. The molecule has 0 spiro atoms. The lowest BCUT2D eigenvalue weighted by Gasteiger charge is -2.42. The van der Waals surface area contributed by atoms with E-state index in [1.165, 1.54) is 0 Å². The molecule has 0 amide bonds. The summed E-state index contributed by atoms with van der Waals surface area (Å²) < 4.78 is 9.04. The minimum Gasteiger partial charge on any atom is -0.448 e. The minimum absolute atomic E-state index is 0.0257. The highest BCUT2D eigenvalue weighted by Gasteiger charge is 2.43. The summed E-state index contributed by atoms with van der Waals surface area (Å²) in [5.74, 6) is -0.336. The average molecular weight is 344 g/mol. The van der Waals surface area contributed by atoms with Crippen molar-refractivity contribution in [3.8, 4) is 0 Å². The van der Waals surface area contributed by atoms with Crippen LogP contribution in [0, 0.1) is 17.2 Å². The van der Waals surface area contributed by atoms with E-state index in [2.05, 4.69) is 10.0 Å². The van der Waals surface area contributed by atoms with Crippen LogP contribution in [-0.4, -0.2) is 28.1 Å². The molecule has 1 fully saturated rings. The lowest BCUT2D eigenvalue weighted by atomic mass is 9.81. The van der Waals surface area contributed by atoms with Gasteiger partial charge in [0.1, 0.15) is 6.04 Å². The first-order valence-electron chi connectivity index (χ1n) is 6.24. The highest BCUT2D eigenvalue weighted by molar-refractivity contribution is 6.76. The molecule has 0 aromatic heterocycles. The monoisotopic (exact) mass is 342 g/mol. The van der Waals surface area contributed by atoms with Crippen molar-refractivity contribution in [3.63, 3.8) is 0 Å². The van der Waals surface area contributed by atoms with Crippen LogP contribution in [0.2, 0.25) is 0 Å². The molecule has 114 valence electrons. The van der Waals surface area contributed by atoms with E-state index in [9.17, 15) is 0 Å². The van der Waals surface area contributed by atoms with Crippen LogP contribution >= 0.6 is 34.8 Å². The number of alkyl halides is 3. The van der Waals surface area contributed by atoms with E-state index in [-0.39, 0.29) is 17.9 Å². The Labute approximate surface area is 132 Å². The third-order valence-electron chi connectivity index (χ3n) is 3.62. The minimum atomic E-state index is -1.97. The van der Waals surface area contributed by atoms with Crippen LogP contribution < -0.4 is 0 Å². The van der Waals surface area contributed by atoms with E-state index in [1.807, 2.05) is 20.8 Å². The number of rotatable bonds is 3. The van der Waals surface area contributed by atoms with Crippen molar-refractivity contribution >= 4 is 40.7 Å². The zero-order chi connectivity index (χ0) is 15.5. The van der Waals surface area contributed by atoms with E-state index in [4.69, 9.17) is 55.2 Å². The predicted octanol–water partition coefficient (Wildman–Crippen LogP) is 4.44. The Bertz CT molecular complexity index is 409. The van der Waals surface area contributed by atoms with Gasteiger partial charge in [0.2, 0.25) is 12.2 Å². The van der Waals surface area contributed by atoms with Crippen molar-refractivity contribution in [1.82, 2.24) is 0 Å². The SMILES string of the molecule is CC[C@@H]1O[C@@H](OC(=N)C(Cl)(Cl)Cl)C(N=[N+]=[N-])[C@@H](C)[C@H]1C. The quantitative estimate of drug-likeness (QED) is 0.205. The molecule has 20 heavy (non-hydrogen) atoms. The Morgan fingerprint density at radius 1 is 1.40 bits per heavy atom. The van der Waals surface area contributed by atoms with Crippen LogP contribution in [0.4, 0.5) is 0 Å². The fourth-order valence-corrected chi connectivity index (χ4v) is 2.38. The Kier molecular flexibility index (Phi) is 6.23. The largest absolute Gasteiger partial charge is 0.448 e. The van der Waals surface area contributed by atoms with Crippen LogP contribution in [0.1, 0.15) is 27.2 Å². The standard InChI is InChI=1S/C11H17Cl3N4O2/c1-4-7-5(2)6(3)8(17-18-16)9(19-7)20-10(15)11(12,13)14/h5-9,15H,4H2,1-3H3/t5-,6+,7+,8?,9+/m1/s1. The molecule has 0 radical (unpaired) electrons. The molecule has 1 aliphatic heterocycles. The molecule has 1 rings (SSSR count). The molecule has 1 heterocycles. The van der Waals surface area contributed by atoms with Gasteiger partial charge in [0.15, 0.2) is 0 Å². The zero-order valence-corrected chi connectivity index (χ0v) is 13.7. The summed E-state index contributed by atoms with van der Waals surface area (Å²) in [5, 5.41) is 11.3. The van der Waals surface area contributed by atoms with Crippen molar-refractivity contribution in [2.75, 3.05) is 0 Å². The molecule has 0 aromatic carbocycles. The molecule has 0 aromatic rings. The Morgan fingerprint density at radius 3 is 2.45 bits per heavy atom. The van der Waals surface area contributed by atoms with Gasteiger partial charge in [0, 0.05) is 4.91 Å². The zero-order valence-electron chi connectivity index (χ0n) is 11.4. The molecule has 1 unspecified atom stereocenters. The van der Waals surface area contributed by atoms with Crippen LogP contribution in [0.25, 0.3) is 10.4 Å². The molecule has 9 heteroatoms. The number of azide groups is 1.